The SMILES string of the molecule is CCOCCOCCOC(F)=C(F)F. The van der Waals surface area contributed by atoms with Crippen molar-refractivity contribution in [3.8, 4) is 0 Å². The summed E-state index contributed by atoms with van der Waals surface area (Å²) in [6.45, 7) is 2.99. The van der Waals surface area contributed by atoms with Crippen LogP contribution in [-0.2, 0) is 14.2 Å². The van der Waals surface area contributed by atoms with E-state index in [1.165, 1.54) is 0 Å². The summed E-state index contributed by atoms with van der Waals surface area (Å²) in [7, 11) is 0. The van der Waals surface area contributed by atoms with Crippen LogP contribution in [0, 0.1) is 0 Å². The van der Waals surface area contributed by atoms with Gasteiger partial charge in [-0.1, -0.05) is 0 Å². The van der Waals surface area contributed by atoms with Gasteiger partial charge in [-0.15, -0.1) is 0 Å². The van der Waals surface area contributed by atoms with E-state index in [1.54, 1.807) is 0 Å². The highest BCUT2D eigenvalue weighted by atomic mass is 19.3. The molecule has 0 N–H and O–H groups in total. The van der Waals surface area contributed by atoms with Gasteiger partial charge in [0.1, 0.15) is 6.61 Å². The summed E-state index contributed by atoms with van der Waals surface area (Å²) in [6, 6.07) is -1.85. The zero-order chi connectivity index (χ0) is 10.8. The minimum atomic E-state index is -2.46. The van der Waals surface area contributed by atoms with E-state index in [4.69, 9.17) is 9.47 Å². The van der Waals surface area contributed by atoms with Gasteiger partial charge in [-0.3, -0.25) is 0 Å². The summed E-state index contributed by atoms with van der Waals surface area (Å²) in [5.74, 6) is 0. The lowest BCUT2D eigenvalue weighted by Gasteiger charge is -2.04. The van der Waals surface area contributed by atoms with Crippen molar-refractivity contribution in [1.82, 2.24) is 0 Å². The molecule has 84 valence electrons. The maximum atomic E-state index is 12.0. The number of rotatable bonds is 8. The van der Waals surface area contributed by atoms with Crippen LogP contribution in [0.4, 0.5) is 13.2 Å². The van der Waals surface area contributed by atoms with E-state index in [-0.39, 0.29) is 13.2 Å². The molecule has 14 heavy (non-hydrogen) atoms. The normalized spacial score (nSPS) is 10.0. The Morgan fingerprint density at radius 3 is 2.07 bits per heavy atom. The van der Waals surface area contributed by atoms with Gasteiger partial charge in [0.2, 0.25) is 0 Å². The zero-order valence-electron chi connectivity index (χ0n) is 7.89. The van der Waals surface area contributed by atoms with Crippen molar-refractivity contribution in [2.75, 3.05) is 33.0 Å². The Labute approximate surface area is 80.4 Å². The van der Waals surface area contributed by atoms with E-state index in [0.717, 1.165) is 0 Å². The quantitative estimate of drug-likeness (QED) is 0.457. The molecule has 0 aliphatic heterocycles. The van der Waals surface area contributed by atoms with Crippen LogP contribution >= 0.6 is 0 Å². The molecule has 0 atom stereocenters. The van der Waals surface area contributed by atoms with Gasteiger partial charge in [0.15, 0.2) is 0 Å². The molecule has 0 saturated heterocycles. The van der Waals surface area contributed by atoms with Crippen molar-refractivity contribution in [3.05, 3.63) is 12.1 Å². The second-order valence-electron chi connectivity index (χ2n) is 2.19. The summed E-state index contributed by atoms with van der Waals surface area (Å²) in [5, 5.41) is 0. The average Bonchev–Trinajstić information content (AvgIpc) is 2.16. The third-order valence-electron chi connectivity index (χ3n) is 1.18. The molecule has 3 nitrogen and oxygen atoms in total. The van der Waals surface area contributed by atoms with Crippen molar-refractivity contribution in [2.24, 2.45) is 0 Å². The molecule has 0 radical (unpaired) electrons. The molecule has 0 aromatic carbocycles. The van der Waals surface area contributed by atoms with Crippen LogP contribution in [0.25, 0.3) is 0 Å². The van der Waals surface area contributed by atoms with E-state index in [2.05, 4.69) is 4.74 Å². The average molecular weight is 214 g/mol. The van der Waals surface area contributed by atoms with Crippen LogP contribution in [0.15, 0.2) is 12.1 Å². The van der Waals surface area contributed by atoms with Gasteiger partial charge in [-0.2, -0.15) is 13.2 Å². The summed E-state index contributed by atoms with van der Waals surface area (Å²) in [4.78, 5) is 0. The molecule has 0 aromatic rings. The molecule has 0 heterocycles. The fourth-order valence-corrected chi connectivity index (χ4v) is 0.609. The largest absolute Gasteiger partial charge is 0.465 e. The van der Waals surface area contributed by atoms with Crippen molar-refractivity contribution in [1.29, 1.82) is 0 Å². The lowest BCUT2D eigenvalue weighted by molar-refractivity contribution is 0.0178. The molecule has 0 spiro atoms. The number of hydrogen-bond acceptors (Lipinski definition) is 3. The maximum Gasteiger partial charge on any atom is 0.342 e. The smallest absolute Gasteiger partial charge is 0.342 e. The first-order valence-electron chi connectivity index (χ1n) is 4.17. The van der Waals surface area contributed by atoms with Crippen molar-refractivity contribution >= 4 is 0 Å². The predicted octanol–water partition coefficient (Wildman–Crippen LogP) is 2.09. The van der Waals surface area contributed by atoms with E-state index in [1.807, 2.05) is 6.92 Å². The maximum absolute atomic E-state index is 12.0. The van der Waals surface area contributed by atoms with Crippen molar-refractivity contribution in [3.63, 3.8) is 0 Å². The molecular formula is C8H13F3O3. The van der Waals surface area contributed by atoms with Gasteiger partial charge in [-0.25, -0.2) is 0 Å². The highest BCUT2D eigenvalue weighted by Gasteiger charge is 2.04. The van der Waals surface area contributed by atoms with E-state index in [0.29, 0.717) is 19.8 Å². The standard InChI is InChI=1S/C8H13F3O3/c1-2-12-3-4-13-5-6-14-8(11)7(9)10/h2-6H2,1H3. The molecule has 0 rings (SSSR count). The first kappa shape index (κ1) is 13.2. The highest BCUT2D eigenvalue weighted by Crippen LogP contribution is 2.09. The predicted molar refractivity (Wildman–Crippen MR) is 43.6 cm³/mol. The van der Waals surface area contributed by atoms with Gasteiger partial charge in [0.25, 0.3) is 0 Å². The van der Waals surface area contributed by atoms with Crippen LogP contribution in [0.2, 0.25) is 0 Å². The van der Waals surface area contributed by atoms with E-state index >= 15 is 0 Å². The molecule has 0 aromatic heterocycles. The third-order valence-corrected chi connectivity index (χ3v) is 1.18. The molecule has 0 amide bonds. The first-order chi connectivity index (χ1) is 6.68. The molecule has 0 fully saturated rings. The molecular weight excluding hydrogens is 201 g/mol. The molecule has 0 unspecified atom stereocenters. The van der Waals surface area contributed by atoms with Crippen molar-refractivity contribution < 1.29 is 27.4 Å². The fraction of sp³-hybridized carbons (Fsp3) is 0.750. The molecule has 0 aliphatic rings. The minimum absolute atomic E-state index is 0.0494. The van der Waals surface area contributed by atoms with Crippen LogP contribution < -0.4 is 0 Å². The van der Waals surface area contributed by atoms with E-state index < -0.39 is 12.1 Å². The summed E-state index contributed by atoms with van der Waals surface area (Å²) < 4.78 is 48.6. The Kier molecular flexibility index (Phi) is 8.36. The lowest BCUT2D eigenvalue weighted by atomic mass is 10.7. The summed E-state index contributed by atoms with van der Waals surface area (Å²) in [6.07, 6.45) is -2.46. The molecule has 0 bridgehead atoms. The minimum Gasteiger partial charge on any atom is -0.465 e. The second-order valence-corrected chi connectivity index (χ2v) is 2.19. The number of halogens is 3. The monoisotopic (exact) mass is 214 g/mol. The Balaban J connectivity index is 3.18. The van der Waals surface area contributed by atoms with Gasteiger partial charge in [-0.05, 0) is 6.92 Å². The van der Waals surface area contributed by atoms with Gasteiger partial charge in [0, 0.05) is 6.61 Å². The Morgan fingerprint density at radius 1 is 0.929 bits per heavy atom. The van der Waals surface area contributed by atoms with E-state index in [9.17, 15) is 13.2 Å². The van der Waals surface area contributed by atoms with Gasteiger partial charge in [0.05, 0.1) is 19.8 Å². The van der Waals surface area contributed by atoms with Crippen LogP contribution in [0.3, 0.4) is 0 Å². The Hall–Kier alpha value is -0.750. The Morgan fingerprint density at radius 2 is 1.50 bits per heavy atom. The lowest BCUT2D eigenvalue weighted by Crippen LogP contribution is -2.08. The molecule has 6 heteroatoms. The summed E-state index contributed by atoms with van der Waals surface area (Å²) in [5.41, 5.74) is 0. The second kappa shape index (κ2) is 8.83. The topological polar surface area (TPSA) is 27.7 Å². The number of hydrogen-bond donors (Lipinski definition) is 0. The van der Waals surface area contributed by atoms with Gasteiger partial charge < -0.3 is 14.2 Å². The Bertz CT molecular complexity index is 169. The summed E-state index contributed by atoms with van der Waals surface area (Å²) >= 11 is 0. The first-order valence-corrected chi connectivity index (χ1v) is 4.17. The van der Waals surface area contributed by atoms with Crippen molar-refractivity contribution in [2.45, 2.75) is 6.92 Å². The third kappa shape index (κ3) is 7.88. The zero-order valence-corrected chi connectivity index (χ0v) is 7.89. The number of ether oxygens (including phenoxy) is 3. The van der Waals surface area contributed by atoms with Gasteiger partial charge >= 0.3 is 12.1 Å². The van der Waals surface area contributed by atoms with Crippen LogP contribution in [0.1, 0.15) is 6.92 Å². The highest BCUT2D eigenvalue weighted by molar-refractivity contribution is 4.80. The molecule has 0 aliphatic carbocycles. The fourth-order valence-electron chi connectivity index (χ4n) is 0.609. The van der Waals surface area contributed by atoms with Crippen LogP contribution in [-0.4, -0.2) is 33.0 Å². The molecule has 0 saturated carbocycles. The van der Waals surface area contributed by atoms with Crippen LogP contribution in [0.5, 0.6) is 0 Å².